The number of nitrogens with one attached hydrogen (secondary N) is 1. The van der Waals surface area contributed by atoms with Gasteiger partial charge in [-0.1, -0.05) is 0 Å². The average Bonchev–Trinajstić information content (AvgIpc) is 2.88. The van der Waals surface area contributed by atoms with Crippen LogP contribution in [0.2, 0.25) is 0 Å². The van der Waals surface area contributed by atoms with Crippen molar-refractivity contribution in [2.75, 3.05) is 17.3 Å². The fourth-order valence-electron chi connectivity index (χ4n) is 1.99. The van der Waals surface area contributed by atoms with Crippen molar-refractivity contribution in [3.05, 3.63) is 0 Å². The van der Waals surface area contributed by atoms with Gasteiger partial charge in [0.2, 0.25) is 5.91 Å². The van der Waals surface area contributed by atoms with Gasteiger partial charge >= 0.3 is 5.97 Å². The van der Waals surface area contributed by atoms with Gasteiger partial charge in [0.1, 0.15) is 5.54 Å². The number of rotatable bonds is 3. The highest BCUT2D eigenvalue weighted by Crippen LogP contribution is 2.31. The Morgan fingerprint density at radius 1 is 1.38 bits per heavy atom. The lowest BCUT2D eigenvalue weighted by molar-refractivity contribution is -0.146. The third kappa shape index (κ3) is 2.32. The molecule has 2 atom stereocenters. The molecule has 6 heteroatoms. The zero-order chi connectivity index (χ0) is 11.6. The van der Waals surface area contributed by atoms with Crippen molar-refractivity contribution in [2.24, 2.45) is 0 Å². The zero-order valence-corrected chi connectivity index (χ0v) is 10.5. The number of carboxylic acid groups (broad SMARTS) is 1. The molecule has 2 heterocycles. The average molecular weight is 261 g/mol. The molecule has 2 rings (SSSR count). The predicted molar refractivity (Wildman–Crippen MR) is 65.9 cm³/mol. The van der Waals surface area contributed by atoms with E-state index < -0.39 is 11.5 Å². The van der Waals surface area contributed by atoms with Gasteiger partial charge in [-0.05, 0) is 30.8 Å². The Bertz CT molecular complexity index is 296. The first-order valence-corrected chi connectivity index (χ1v) is 7.59. The van der Waals surface area contributed by atoms with Crippen LogP contribution < -0.4 is 5.32 Å². The molecule has 0 aliphatic carbocycles. The third-order valence-corrected chi connectivity index (χ3v) is 5.58. The lowest BCUT2D eigenvalue weighted by atomic mass is 9.99. The minimum absolute atomic E-state index is 0.0400. The second-order valence-corrected chi connectivity index (χ2v) is 6.60. The number of carbonyl (C=O) groups excluding carboxylic acids is 1. The van der Waals surface area contributed by atoms with Crippen molar-refractivity contribution in [3.63, 3.8) is 0 Å². The van der Waals surface area contributed by atoms with E-state index in [4.69, 9.17) is 0 Å². The van der Waals surface area contributed by atoms with E-state index in [0.717, 1.165) is 24.3 Å². The Kier molecular flexibility index (Phi) is 3.69. The van der Waals surface area contributed by atoms with Crippen molar-refractivity contribution < 1.29 is 14.7 Å². The lowest BCUT2D eigenvalue weighted by Crippen LogP contribution is -2.56. The van der Waals surface area contributed by atoms with E-state index in [0.29, 0.717) is 12.2 Å². The van der Waals surface area contributed by atoms with Crippen LogP contribution in [0.25, 0.3) is 0 Å². The highest BCUT2D eigenvalue weighted by atomic mass is 32.2. The molecule has 2 N–H and O–H groups in total. The van der Waals surface area contributed by atoms with Crippen LogP contribution in [0.1, 0.15) is 19.3 Å². The van der Waals surface area contributed by atoms with Crippen LogP contribution in [0.3, 0.4) is 0 Å². The Morgan fingerprint density at radius 2 is 2.19 bits per heavy atom. The van der Waals surface area contributed by atoms with E-state index in [1.54, 1.807) is 23.5 Å². The second kappa shape index (κ2) is 4.87. The standard InChI is InChI=1S/C10H15NO3S2/c12-8(7-2-1-4-16-7)11-10(9(13)14)3-5-15-6-10/h7H,1-6H2,(H,11,12)(H,13,14). The van der Waals surface area contributed by atoms with Crippen molar-refractivity contribution in [3.8, 4) is 0 Å². The molecule has 2 saturated heterocycles. The molecule has 90 valence electrons. The molecule has 0 aromatic heterocycles. The number of hydrogen-bond donors (Lipinski definition) is 2. The van der Waals surface area contributed by atoms with Crippen LogP contribution in [-0.2, 0) is 9.59 Å². The number of carboxylic acids is 1. The summed E-state index contributed by atoms with van der Waals surface area (Å²) in [6, 6.07) is 0. The number of hydrogen-bond acceptors (Lipinski definition) is 4. The predicted octanol–water partition coefficient (Wildman–Crippen LogP) is 0.958. The van der Waals surface area contributed by atoms with Gasteiger partial charge in [0, 0.05) is 5.75 Å². The molecule has 0 radical (unpaired) electrons. The first-order chi connectivity index (χ1) is 7.64. The number of thioether (sulfide) groups is 2. The molecular weight excluding hydrogens is 246 g/mol. The highest BCUT2D eigenvalue weighted by molar-refractivity contribution is 8.00. The second-order valence-electron chi connectivity index (χ2n) is 4.18. The zero-order valence-electron chi connectivity index (χ0n) is 8.90. The quantitative estimate of drug-likeness (QED) is 0.792. The molecule has 0 aromatic carbocycles. The van der Waals surface area contributed by atoms with Crippen molar-refractivity contribution in [2.45, 2.75) is 30.1 Å². The van der Waals surface area contributed by atoms with Gasteiger partial charge in [-0.2, -0.15) is 11.8 Å². The number of carbonyl (C=O) groups is 2. The summed E-state index contributed by atoms with van der Waals surface area (Å²) in [6.45, 7) is 0. The summed E-state index contributed by atoms with van der Waals surface area (Å²) >= 11 is 3.22. The summed E-state index contributed by atoms with van der Waals surface area (Å²) in [5, 5.41) is 11.9. The molecule has 16 heavy (non-hydrogen) atoms. The van der Waals surface area contributed by atoms with Gasteiger partial charge in [0.15, 0.2) is 0 Å². The monoisotopic (exact) mass is 261 g/mol. The number of aliphatic carboxylic acids is 1. The maximum absolute atomic E-state index is 11.9. The minimum atomic E-state index is -1.01. The normalized spacial score (nSPS) is 33.9. The molecule has 0 saturated carbocycles. The molecule has 2 aliphatic rings. The molecule has 1 amide bonds. The summed E-state index contributed by atoms with van der Waals surface area (Å²) in [4.78, 5) is 23.1. The van der Waals surface area contributed by atoms with Gasteiger partial charge in [-0.25, -0.2) is 4.79 Å². The van der Waals surface area contributed by atoms with E-state index in [1.807, 2.05) is 0 Å². The van der Waals surface area contributed by atoms with E-state index in [1.165, 1.54) is 0 Å². The van der Waals surface area contributed by atoms with E-state index >= 15 is 0 Å². The molecule has 0 spiro atoms. The van der Waals surface area contributed by atoms with Crippen LogP contribution in [-0.4, -0.2) is 45.0 Å². The molecule has 2 unspecified atom stereocenters. The fraction of sp³-hybridized carbons (Fsp3) is 0.800. The van der Waals surface area contributed by atoms with Gasteiger partial charge in [0.25, 0.3) is 0 Å². The molecule has 0 bridgehead atoms. The molecule has 2 aliphatic heterocycles. The number of amides is 1. The smallest absolute Gasteiger partial charge is 0.330 e. The molecule has 0 aromatic rings. The first-order valence-electron chi connectivity index (χ1n) is 5.39. The van der Waals surface area contributed by atoms with Crippen LogP contribution in [0, 0.1) is 0 Å². The Balaban J connectivity index is 2.00. The van der Waals surface area contributed by atoms with Gasteiger partial charge in [-0.15, -0.1) is 11.8 Å². The van der Waals surface area contributed by atoms with Gasteiger partial charge < -0.3 is 10.4 Å². The summed E-state index contributed by atoms with van der Waals surface area (Å²) in [6.07, 6.45) is 2.47. The minimum Gasteiger partial charge on any atom is -0.479 e. The fourth-order valence-corrected chi connectivity index (χ4v) is 4.47. The van der Waals surface area contributed by atoms with Crippen LogP contribution in [0.5, 0.6) is 0 Å². The molecular formula is C10H15NO3S2. The van der Waals surface area contributed by atoms with Crippen LogP contribution in [0.15, 0.2) is 0 Å². The van der Waals surface area contributed by atoms with E-state index in [-0.39, 0.29) is 11.2 Å². The molecule has 4 nitrogen and oxygen atoms in total. The van der Waals surface area contributed by atoms with Crippen LogP contribution >= 0.6 is 23.5 Å². The first kappa shape index (κ1) is 12.1. The summed E-state index contributed by atoms with van der Waals surface area (Å²) in [5.41, 5.74) is -1.01. The largest absolute Gasteiger partial charge is 0.479 e. The maximum atomic E-state index is 11.9. The van der Waals surface area contributed by atoms with Crippen molar-refractivity contribution in [1.29, 1.82) is 0 Å². The third-order valence-electron chi connectivity index (χ3n) is 3.02. The summed E-state index contributed by atoms with van der Waals surface area (Å²) < 4.78 is 0. The van der Waals surface area contributed by atoms with Gasteiger partial charge in [0.05, 0.1) is 5.25 Å². The van der Waals surface area contributed by atoms with Crippen molar-refractivity contribution >= 4 is 35.4 Å². The lowest BCUT2D eigenvalue weighted by Gasteiger charge is -2.26. The Morgan fingerprint density at radius 3 is 2.69 bits per heavy atom. The highest BCUT2D eigenvalue weighted by Gasteiger charge is 2.44. The Labute approximate surface area is 103 Å². The summed E-state index contributed by atoms with van der Waals surface area (Å²) in [5.74, 6) is 1.32. The van der Waals surface area contributed by atoms with E-state index in [9.17, 15) is 14.7 Å². The maximum Gasteiger partial charge on any atom is 0.330 e. The van der Waals surface area contributed by atoms with Crippen molar-refractivity contribution in [1.82, 2.24) is 5.32 Å². The van der Waals surface area contributed by atoms with E-state index in [2.05, 4.69) is 5.32 Å². The topological polar surface area (TPSA) is 66.4 Å². The SMILES string of the molecule is O=C(NC1(C(=O)O)CCSC1)C1CCCS1. The van der Waals surface area contributed by atoms with Crippen LogP contribution in [0.4, 0.5) is 0 Å². The summed E-state index contributed by atoms with van der Waals surface area (Å²) in [7, 11) is 0. The molecule has 2 fully saturated rings. The Hall–Kier alpha value is -0.360. The van der Waals surface area contributed by atoms with Gasteiger partial charge in [-0.3, -0.25) is 4.79 Å².